The molecule has 3 rings (SSSR count). The Morgan fingerprint density at radius 1 is 1.30 bits per heavy atom. The molecule has 7 nitrogen and oxygen atoms in total. The van der Waals surface area contributed by atoms with Crippen LogP contribution in [0.15, 0.2) is 18.2 Å². The van der Waals surface area contributed by atoms with E-state index in [0.29, 0.717) is 31.3 Å². The van der Waals surface area contributed by atoms with Gasteiger partial charge in [0.15, 0.2) is 0 Å². The average Bonchev–Trinajstić information content (AvgIpc) is 3.21. The first-order valence-corrected chi connectivity index (χ1v) is 9.87. The number of ether oxygens (including phenoxy) is 1. The molecule has 1 aromatic carbocycles. The highest BCUT2D eigenvalue weighted by atomic mass is 32.1. The molecular formula is C19H24N4O3S. The molecule has 1 aromatic heterocycles. The molecule has 1 atom stereocenters. The number of amides is 2. The van der Waals surface area contributed by atoms with Crippen molar-refractivity contribution in [3.05, 3.63) is 34.3 Å². The van der Waals surface area contributed by atoms with Gasteiger partial charge in [0.25, 0.3) is 0 Å². The first kappa shape index (κ1) is 19.4. The fourth-order valence-electron chi connectivity index (χ4n) is 3.16. The van der Waals surface area contributed by atoms with E-state index in [0.717, 1.165) is 21.8 Å². The van der Waals surface area contributed by atoms with Crippen molar-refractivity contribution < 1.29 is 14.3 Å². The minimum absolute atomic E-state index is 0.0326. The molecule has 1 aliphatic heterocycles. The maximum absolute atomic E-state index is 12.6. The molecule has 8 heteroatoms. The summed E-state index contributed by atoms with van der Waals surface area (Å²) < 4.78 is 5.30. The van der Waals surface area contributed by atoms with E-state index in [1.54, 1.807) is 4.90 Å². The fraction of sp³-hybridized carbons (Fsp3) is 0.474. The molecule has 144 valence electrons. The summed E-state index contributed by atoms with van der Waals surface area (Å²) in [5.74, 6) is -0.619. The van der Waals surface area contributed by atoms with Crippen molar-refractivity contribution in [2.24, 2.45) is 5.92 Å². The quantitative estimate of drug-likeness (QED) is 0.737. The molecule has 0 spiro atoms. The van der Waals surface area contributed by atoms with Gasteiger partial charge in [0, 0.05) is 31.7 Å². The second kappa shape index (κ2) is 8.58. The van der Waals surface area contributed by atoms with Crippen LogP contribution in [0.4, 0.5) is 10.8 Å². The van der Waals surface area contributed by atoms with Gasteiger partial charge in [0.1, 0.15) is 5.01 Å². The predicted octanol–water partition coefficient (Wildman–Crippen LogP) is 2.73. The number of carbonyl (C=O) groups excluding carboxylic acids is 2. The van der Waals surface area contributed by atoms with Gasteiger partial charge in [-0.15, -0.1) is 10.2 Å². The molecule has 1 N–H and O–H groups in total. The summed E-state index contributed by atoms with van der Waals surface area (Å²) >= 11 is 1.34. The van der Waals surface area contributed by atoms with Gasteiger partial charge < -0.3 is 15.0 Å². The van der Waals surface area contributed by atoms with Crippen molar-refractivity contribution in [1.29, 1.82) is 0 Å². The van der Waals surface area contributed by atoms with Crippen LogP contribution >= 0.6 is 11.3 Å². The van der Waals surface area contributed by atoms with Crippen molar-refractivity contribution in [3.63, 3.8) is 0 Å². The largest absolute Gasteiger partial charge is 0.381 e. The minimum Gasteiger partial charge on any atom is -0.381 e. The van der Waals surface area contributed by atoms with Crippen LogP contribution in [0, 0.1) is 19.8 Å². The lowest BCUT2D eigenvalue weighted by molar-refractivity contribution is -0.122. The van der Waals surface area contributed by atoms with E-state index in [9.17, 15) is 9.59 Å². The summed E-state index contributed by atoms with van der Waals surface area (Å²) in [4.78, 5) is 26.7. The highest BCUT2D eigenvalue weighted by Gasteiger charge is 2.35. The zero-order chi connectivity index (χ0) is 19.4. The van der Waals surface area contributed by atoms with Crippen molar-refractivity contribution >= 4 is 34.0 Å². The van der Waals surface area contributed by atoms with Gasteiger partial charge in [-0.05, 0) is 44.0 Å². The summed E-state index contributed by atoms with van der Waals surface area (Å²) in [6, 6.07) is 6.01. The number of hydrogen-bond donors (Lipinski definition) is 1. The zero-order valence-corrected chi connectivity index (χ0v) is 16.6. The predicted molar refractivity (Wildman–Crippen MR) is 105 cm³/mol. The van der Waals surface area contributed by atoms with E-state index in [-0.39, 0.29) is 18.2 Å². The van der Waals surface area contributed by atoms with Gasteiger partial charge >= 0.3 is 0 Å². The molecule has 1 unspecified atom stereocenters. The number of rotatable bonds is 7. The van der Waals surface area contributed by atoms with Gasteiger partial charge in [0.2, 0.25) is 16.9 Å². The van der Waals surface area contributed by atoms with Crippen molar-refractivity contribution in [1.82, 2.24) is 10.2 Å². The number of hydrogen-bond acceptors (Lipinski definition) is 6. The molecule has 0 radical (unpaired) electrons. The lowest BCUT2D eigenvalue weighted by Gasteiger charge is -2.18. The van der Waals surface area contributed by atoms with Crippen LogP contribution in [-0.2, 0) is 20.7 Å². The normalized spacial score (nSPS) is 16.8. The molecule has 1 fully saturated rings. The second-order valence-corrected chi connectivity index (χ2v) is 7.75. The number of carbonyl (C=O) groups is 2. The molecule has 1 aliphatic rings. The van der Waals surface area contributed by atoms with Crippen molar-refractivity contribution in [3.8, 4) is 0 Å². The Labute approximate surface area is 162 Å². The third-order valence-corrected chi connectivity index (χ3v) is 5.27. The Balaban J connectivity index is 1.60. The van der Waals surface area contributed by atoms with Gasteiger partial charge in [-0.25, -0.2) is 0 Å². The molecule has 27 heavy (non-hydrogen) atoms. The molecule has 0 aliphatic carbocycles. The number of anilines is 2. The Kier molecular flexibility index (Phi) is 6.18. The summed E-state index contributed by atoms with van der Waals surface area (Å²) in [7, 11) is 0. The van der Waals surface area contributed by atoms with Gasteiger partial charge in [0.05, 0.1) is 12.5 Å². The van der Waals surface area contributed by atoms with Crippen molar-refractivity contribution in [2.75, 3.05) is 30.0 Å². The number of benzene rings is 1. The average molecular weight is 388 g/mol. The van der Waals surface area contributed by atoms with E-state index < -0.39 is 5.92 Å². The van der Waals surface area contributed by atoms with Crippen LogP contribution in [0.2, 0.25) is 0 Å². The second-order valence-electron chi connectivity index (χ2n) is 6.69. The SMILES string of the molecule is CCOCCc1nnc(NC(=O)C2CC(=O)N(c3cc(C)cc(C)c3)C2)s1. The first-order valence-electron chi connectivity index (χ1n) is 9.06. The molecule has 2 amide bonds. The zero-order valence-electron chi connectivity index (χ0n) is 15.8. The third kappa shape index (κ3) is 4.90. The number of aryl methyl sites for hydroxylation is 2. The van der Waals surface area contributed by atoms with Gasteiger partial charge in [-0.3, -0.25) is 9.59 Å². The number of aromatic nitrogens is 2. The fourth-order valence-corrected chi connectivity index (χ4v) is 3.88. The minimum atomic E-state index is -0.394. The van der Waals surface area contributed by atoms with Crippen LogP contribution in [0.25, 0.3) is 0 Å². The third-order valence-electron chi connectivity index (χ3n) is 4.38. The summed E-state index contributed by atoms with van der Waals surface area (Å²) in [5.41, 5.74) is 3.04. The van der Waals surface area contributed by atoms with E-state index in [1.165, 1.54) is 11.3 Å². The van der Waals surface area contributed by atoms with Crippen LogP contribution in [0.1, 0.15) is 29.5 Å². The molecule has 0 bridgehead atoms. The number of nitrogens with one attached hydrogen (secondary N) is 1. The molecule has 2 heterocycles. The summed E-state index contributed by atoms with van der Waals surface area (Å²) in [6.45, 7) is 7.56. The van der Waals surface area contributed by atoms with E-state index in [4.69, 9.17) is 4.74 Å². The Bertz CT molecular complexity index is 816. The highest BCUT2D eigenvalue weighted by molar-refractivity contribution is 7.15. The molecule has 0 saturated carbocycles. The summed E-state index contributed by atoms with van der Waals surface area (Å²) in [5, 5.41) is 12.1. The molecule has 1 saturated heterocycles. The molecule has 2 aromatic rings. The van der Waals surface area contributed by atoms with Crippen LogP contribution in [0.5, 0.6) is 0 Å². The van der Waals surface area contributed by atoms with E-state index >= 15 is 0 Å². The lowest BCUT2D eigenvalue weighted by atomic mass is 10.1. The topological polar surface area (TPSA) is 84.4 Å². The van der Waals surface area contributed by atoms with E-state index in [1.807, 2.05) is 32.9 Å². The van der Waals surface area contributed by atoms with Gasteiger partial charge in [-0.2, -0.15) is 0 Å². The number of nitrogens with zero attached hydrogens (tertiary/aromatic N) is 3. The standard InChI is InChI=1S/C19H24N4O3S/c1-4-26-6-5-16-21-22-19(27-16)20-18(25)14-10-17(24)23(11-14)15-8-12(2)7-13(3)9-15/h7-9,14H,4-6,10-11H2,1-3H3,(H,20,22,25). The molecular weight excluding hydrogens is 364 g/mol. The van der Waals surface area contributed by atoms with Crippen LogP contribution in [-0.4, -0.2) is 41.8 Å². The van der Waals surface area contributed by atoms with Crippen molar-refractivity contribution in [2.45, 2.75) is 33.6 Å². The van der Waals surface area contributed by atoms with E-state index in [2.05, 4.69) is 21.6 Å². The maximum Gasteiger partial charge on any atom is 0.231 e. The van der Waals surface area contributed by atoms with Gasteiger partial charge in [-0.1, -0.05) is 17.4 Å². The summed E-state index contributed by atoms with van der Waals surface area (Å²) in [6.07, 6.45) is 0.874. The first-order chi connectivity index (χ1) is 13.0. The maximum atomic E-state index is 12.6. The van der Waals surface area contributed by atoms with Crippen LogP contribution < -0.4 is 10.2 Å². The monoisotopic (exact) mass is 388 g/mol. The highest BCUT2D eigenvalue weighted by Crippen LogP contribution is 2.28. The Morgan fingerprint density at radius 3 is 2.74 bits per heavy atom. The Hall–Kier alpha value is -2.32. The lowest BCUT2D eigenvalue weighted by Crippen LogP contribution is -2.28. The Morgan fingerprint density at radius 2 is 2.04 bits per heavy atom. The smallest absolute Gasteiger partial charge is 0.231 e. The van der Waals surface area contributed by atoms with Crippen LogP contribution in [0.3, 0.4) is 0 Å².